The van der Waals surface area contributed by atoms with Gasteiger partial charge >= 0.3 is 192 Å². The molecule has 0 aliphatic carbocycles. The fourth-order valence-corrected chi connectivity index (χ4v) is 94.8. The number of fused-ring (bicyclic) bond motifs is 10. The molecule has 10 saturated heterocycles. The maximum atomic E-state index is 14.0. The minimum atomic E-state index is -4.41. The first-order valence-corrected chi connectivity index (χ1v) is 18.9. The summed E-state index contributed by atoms with van der Waals surface area (Å²) in [4.78, 5) is 33.1. The van der Waals surface area contributed by atoms with Crippen LogP contribution in [-0.2, 0) is 52.0 Å². The summed E-state index contributed by atoms with van der Waals surface area (Å²) in [5.41, 5.74) is 3.33. The fourth-order valence-electron chi connectivity index (χ4n) is 19.9. The van der Waals surface area contributed by atoms with Crippen molar-refractivity contribution in [2.75, 3.05) is 0 Å². The maximum absolute atomic E-state index is 14.0. The van der Waals surface area contributed by atoms with Gasteiger partial charge in [0.2, 0.25) is 0 Å². The third-order valence-electron chi connectivity index (χ3n) is 18.7. The molecule has 0 bridgehead atoms. The van der Waals surface area contributed by atoms with Gasteiger partial charge in [0.05, 0.1) is 0 Å². The van der Waals surface area contributed by atoms with Crippen LogP contribution in [0.4, 0.5) is 0 Å². The van der Waals surface area contributed by atoms with Crippen LogP contribution in [0.1, 0.15) is 22.3 Å². The van der Waals surface area contributed by atoms with E-state index < -0.39 is 6.51 Å². The Morgan fingerprint density at radius 1 is 0.657 bits per heavy atom. The Labute approximate surface area is 191 Å². The molecule has 0 aromatic heterocycles. The van der Waals surface area contributed by atoms with Gasteiger partial charge in [0.1, 0.15) is 0 Å². The van der Waals surface area contributed by atoms with Gasteiger partial charge in [0.15, 0.2) is 0 Å². The summed E-state index contributed by atoms with van der Waals surface area (Å²) < 4.78 is 11.7. The minimum absolute atomic E-state index is 0.00884. The zero-order valence-corrected chi connectivity index (χ0v) is 20.1. The molecule has 0 saturated carbocycles. The van der Waals surface area contributed by atoms with Gasteiger partial charge in [-0.3, -0.25) is 0 Å². The number of carbonyl (C=O) groups excluding carboxylic acids is 2. The summed E-state index contributed by atoms with van der Waals surface area (Å²) in [6.45, 7) is -4.13. The Morgan fingerprint density at radius 3 is 1.31 bits per heavy atom. The van der Waals surface area contributed by atoms with Crippen molar-refractivity contribution >= 4 is 11.9 Å². The first kappa shape index (κ1) is 17.3. The van der Waals surface area contributed by atoms with Crippen LogP contribution >= 0.6 is 0 Å². The molecule has 10 fully saturated rings. The zero-order chi connectivity index (χ0) is 23.3. The quantitative estimate of drug-likeness (QED) is 0.396. The normalized spacial score (nSPS) is 65.5. The van der Waals surface area contributed by atoms with Crippen LogP contribution in [0, 0.1) is 0 Å². The van der Waals surface area contributed by atoms with E-state index in [1.165, 1.54) is 0 Å². The van der Waals surface area contributed by atoms with Gasteiger partial charge in [-0.05, 0) is 0 Å². The predicted octanol–water partition coefficient (Wildman–Crippen LogP) is 4.59. The number of aliphatic hydroxyl groups is 2. The number of rotatable bonds is 8. The van der Waals surface area contributed by atoms with Crippen molar-refractivity contribution in [3.63, 3.8) is 0 Å². The SMILES string of the molecule is O=C(OCc1ccccc1CO)[C]12[CH]3[CH]4[CH]5[CH]1[Fe]45321678[CH]2[CH]1[CH]6[C]7(C(=O)OCc1ccccc1CO)[CH]28. The Kier molecular flexibility index (Phi) is 1.22. The van der Waals surface area contributed by atoms with E-state index in [1.54, 1.807) is 0 Å². The first-order chi connectivity index (χ1) is 16.8. The van der Waals surface area contributed by atoms with Crippen molar-refractivity contribution in [2.24, 2.45) is 0 Å². The van der Waals surface area contributed by atoms with E-state index in [1.807, 2.05) is 48.5 Å². The second-order valence-electron chi connectivity index (χ2n) is 14.8. The molecule has 1 spiro atoms. The van der Waals surface area contributed by atoms with E-state index in [2.05, 4.69) is 0 Å². The number of hydrogen-bond donors (Lipinski definition) is 2. The Hall–Kier alpha value is -2.18. The van der Waals surface area contributed by atoms with E-state index in [0.29, 0.717) is 19.3 Å². The molecular weight excluding hydrogens is 488 g/mol. The van der Waals surface area contributed by atoms with Crippen molar-refractivity contribution in [1.29, 1.82) is 0 Å². The van der Waals surface area contributed by atoms with Crippen molar-refractivity contribution in [2.45, 2.75) is 73.6 Å². The molecule has 6 nitrogen and oxygen atoms in total. The van der Waals surface area contributed by atoms with E-state index in [0.717, 1.165) is 41.5 Å². The number of carbonyl (C=O) groups is 2. The third-order valence-corrected chi connectivity index (χ3v) is 61.3. The topological polar surface area (TPSA) is 93.1 Å². The Balaban J connectivity index is 0.931. The van der Waals surface area contributed by atoms with Gasteiger partial charge in [-0.2, -0.15) is 0 Å². The monoisotopic (exact) mass is 514 g/mol. The third kappa shape index (κ3) is 0.383. The molecule has 0 radical (unpaired) electrons. The van der Waals surface area contributed by atoms with Crippen molar-refractivity contribution in [1.82, 2.24) is 0 Å². The van der Waals surface area contributed by atoms with Gasteiger partial charge in [-0.25, -0.2) is 0 Å². The average Bonchev–Trinajstić information content (AvgIpc) is 3.84. The van der Waals surface area contributed by atoms with Crippen LogP contribution in [0.25, 0.3) is 0 Å². The molecule has 35 heavy (non-hydrogen) atoms. The van der Waals surface area contributed by atoms with Crippen LogP contribution in [0.15, 0.2) is 48.5 Å². The van der Waals surface area contributed by atoms with Crippen molar-refractivity contribution < 1.29 is 35.8 Å². The molecule has 10 heterocycles. The Morgan fingerprint density at radius 2 is 1.00 bits per heavy atom. The van der Waals surface area contributed by atoms with E-state index >= 15 is 0 Å². The van der Waals surface area contributed by atoms with E-state index in [9.17, 15) is 19.8 Å². The molecule has 2 aromatic carbocycles. The molecule has 8 atom stereocenters. The predicted molar refractivity (Wildman–Crippen MR) is 120 cm³/mol. The number of aliphatic hydroxyl groups excluding tert-OH is 2. The summed E-state index contributed by atoms with van der Waals surface area (Å²) in [6.07, 6.45) is 0. The molecule has 2 aromatic rings. The number of ether oxygens (including phenoxy) is 2. The van der Waals surface area contributed by atoms with E-state index in [4.69, 9.17) is 9.47 Å². The molecule has 182 valence electrons. The van der Waals surface area contributed by atoms with Crippen molar-refractivity contribution in [3.05, 3.63) is 70.8 Å². The van der Waals surface area contributed by atoms with Gasteiger partial charge in [-0.1, -0.05) is 0 Å². The standard InChI is InChI=1S/2C14H13O3.Fe/c2*15-9-12-7-3-4-8-13(12)10-17-14(16)11-5-1-2-6-11;/h2*1-8,15H,9-10H2;. The molecule has 0 amide bonds. The van der Waals surface area contributed by atoms with Gasteiger partial charge < -0.3 is 0 Å². The molecule has 10 aliphatic rings. The van der Waals surface area contributed by atoms with E-state index in [-0.39, 0.29) is 47.0 Å². The summed E-state index contributed by atoms with van der Waals surface area (Å²) in [5, 5.41) is 19.3. The van der Waals surface area contributed by atoms with Gasteiger partial charge in [0.25, 0.3) is 0 Å². The van der Waals surface area contributed by atoms with Gasteiger partial charge in [-0.15, -0.1) is 0 Å². The van der Waals surface area contributed by atoms with Gasteiger partial charge in [0, 0.05) is 0 Å². The summed E-state index contributed by atoms with van der Waals surface area (Å²) in [6, 6.07) is 15.2. The number of hydrogen-bond acceptors (Lipinski definition) is 6. The van der Waals surface area contributed by atoms with Crippen LogP contribution in [0.3, 0.4) is 0 Å². The van der Waals surface area contributed by atoms with Crippen LogP contribution in [0.2, 0.25) is 47.2 Å². The molecule has 7 heteroatoms. The first-order valence-electron chi connectivity index (χ1n) is 12.7. The second-order valence-corrected chi connectivity index (χ2v) is 38.0. The average molecular weight is 514 g/mol. The summed E-state index contributed by atoms with van der Waals surface area (Å²) in [5.74, 6) is 0.0177. The fraction of sp³-hybridized carbons (Fsp3) is 0.500. The van der Waals surface area contributed by atoms with Crippen LogP contribution in [-0.4, -0.2) is 22.2 Å². The molecule has 8 unspecified atom stereocenters. The molecule has 10 aliphatic heterocycles. The molecule has 2 N–H and O–H groups in total. The number of esters is 2. The molecular formula is C28H26FeO6. The van der Waals surface area contributed by atoms with Crippen LogP contribution in [0.5, 0.6) is 0 Å². The molecule has 12 rings (SSSR count). The zero-order valence-electron chi connectivity index (χ0n) is 18.9. The number of benzene rings is 2. The summed E-state index contributed by atoms with van der Waals surface area (Å²) >= 11 is 0. The van der Waals surface area contributed by atoms with Crippen LogP contribution < -0.4 is 0 Å². The summed E-state index contributed by atoms with van der Waals surface area (Å²) in [7, 11) is 0. The van der Waals surface area contributed by atoms with Crippen molar-refractivity contribution in [3.8, 4) is 0 Å². The Bertz CT molecular complexity index is 1760. The second kappa shape index (κ2) is 2.46.